The molecule has 0 bridgehead atoms. The Kier molecular flexibility index (Phi) is 5.04. The van der Waals surface area contributed by atoms with E-state index in [2.05, 4.69) is 26.1 Å². The van der Waals surface area contributed by atoms with Crippen LogP contribution in [-0.4, -0.2) is 5.91 Å². The first-order valence-corrected chi connectivity index (χ1v) is 7.57. The number of benzene rings is 2. The van der Waals surface area contributed by atoms with Crippen LogP contribution in [0.2, 0.25) is 5.02 Å². The Morgan fingerprint density at radius 3 is 2.14 bits per heavy atom. The molecule has 0 fully saturated rings. The Balaban J connectivity index is 1.98. The summed E-state index contributed by atoms with van der Waals surface area (Å²) in [6.07, 6.45) is 3.27. The fourth-order valence-electron chi connectivity index (χ4n) is 1.98. The molecule has 0 unspecified atom stereocenters. The van der Waals surface area contributed by atoms with E-state index in [4.69, 9.17) is 11.6 Å². The van der Waals surface area contributed by atoms with Crippen molar-refractivity contribution in [3.8, 4) is 0 Å². The summed E-state index contributed by atoms with van der Waals surface area (Å²) >= 11 is 5.82. The number of rotatable bonds is 3. The van der Waals surface area contributed by atoms with Crippen LogP contribution in [-0.2, 0) is 10.2 Å². The highest BCUT2D eigenvalue weighted by molar-refractivity contribution is 6.30. The summed E-state index contributed by atoms with van der Waals surface area (Å²) in [4.78, 5) is 11.9. The second-order valence-electron chi connectivity index (χ2n) is 6.20. The van der Waals surface area contributed by atoms with Crippen molar-refractivity contribution < 1.29 is 4.79 Å². The van der Waals surface area contributed by atoms with Gasteiger partial charge >= 0.3 is 0 Å². The zero-order valence-corrected chi connectivity index (χ0v) is 13.8. The smallest absolute Gasteiger partial charge is 0.248 e. The molecule has 0 atom stereocenters. The summed E-state index contributed by atoms with van der Waals surface area (Å²) in [6.45, 7) is 6.49. The van der Waals surface area contributed by atoms with Crippen LogP contribution >= 0.6 is 11.6 Å². The first-order valence-electron chi connectivity index (χ1n) is 7.20. The average Bonchev–Trinajstić information content (AvgIpc) is 2.46. The lowest BCUT2D eigenvalue weighted by Crippen LogP contribution is -2.12. The van der Waals surface area contributed by atoms with Gasteiger partial charge in [-0.05, 0) is 46.9 Å². The third-order valence-electron chi connectivity index (χ3n) is 3.32. The molecule has 22 heavy (non-hydrogen) atoms. The lowest BCUT2D eigenvalue weighted by Gasteiger charge is -2.19. The predicted molar refractivity (Wildman–Crippen MR) is 94.3 cm³/mol. The Morgan fingerprint density at radius 2 is 1.59 bits per heavy atom. The van der Waals surface area contributed by atoms with Gasteiger partial charge in [0.05, 0.1) is 0 Å². The lowest BCUT2D eigenvalue weighted by molar-refractivity contribution is -0.111. The molecule has 0 aliphatic carbocycles. The van der Waals surface area contributed by atoms with E-state index in [0.717, 1.165) is 11.3 Å². The summed E-state index contributed by atoms with van der Waals surface area (Å²) in [6, 6.07) is 15.3. The molecule has 3 heteroatoms. The van der Waals surface area contributed by atoms with Gasteiger partial charge in [0.15, 0.2) is 0 Å². The topological polar surface area (TPSA) is 29.1 Å². The molecule has 0 aliphatic heterocycles. The summed E-state index contributed by atoms with van der Waals surface area (Å²) in [5, 5.41) is 3.53. The molecular weight excluding hydrogens is 294 g/mol. The zero-order chi connectivity index (χ0) is 16.2. The van der Waals surface area contributed by atoms with E-state index in [-0.39, 0.29) is 11.3 Å². The van der Waals surface area contributed by atoms with Gasteiger partial charge in [0, 0.05) is 16.8 Å². The lowest BCUT2D eigenvalue weighted by atomic mass is 9.87. The monoisotopic (exact) mass is 313 g/mol. The van der Waals surface area contributed by atoms with Gasteiger partial charge in [-0.1, -0.05) is 56.6 Å². The second-order valence-corrected chi connectivity index (χ2v) is 6.64. The Bertz CT molecular complexity index is 664. The normalized spacial score (nSPS) is 11.6. The minimum Gasteiger partial charge on any atom is -0.323 e. The number of amides is 1. The van der Waals surface area contributed by atoms with Crippen LogP contribution in [0.3, 0.4) is 0 Å². The minimum absolute atomic E-state index is 0.108. The van der Waals surface area contributed by atoms with Crippen molar-refractivity contribution in [2.75, 3.05) is 5.32 Å². The highest BCUT2D eigenvalue weighted by atomic mass is 35.5. The third-order valence-corrected chi connectivity index (χ3v) is 3.57. The highest BCUT2D eigenvalue weighted by Gasteiger charge is 2.12. The average molecular weight is 314 g/mol. The van der Waals surface area contributed by atoms with Gasteiger partial charge in [0.2, 0.25) is 5.91 Å². The highest BCUT2D eigenvalue weighted by Crippen LogP contribution is 2.23. The van der Waals surface area contributed by atoms with E-state index in [1.54, 1.807) is 18.2 Å². The SMILES string of the molecule is CC(C)(C)c1ccc(NC(=O)C=Cc2ccc(Cl)cc2)cc1. The fraction of sp³-hybridized carbons (Fsp3) is 0.211. The second kappa shape index (κ2) is 6.80. The van der Waals surface area contributed by atoms with Crippen LogP contribution in [0.15, 0.2) is 54.6 Å². The van der Waals surface area contributed by atoms with Crippen molar-refractivity contribution in [3.05, 3.63) is 70.8 Å². The largest absolute Gasteiger partial charge is 0.323 e. The van der Waals surface area contributed by atoms with Crippen molar-refractivity contribution in [1.29, 1.82) is 0 Å². The molecule has 0 radical (unpaired) electrons. The number of carbonyl (C=O) groups excluding carboxylic acids is 1. The van der Waals surface area contributed by atoms with Gasteiger partial charge in [-0.3, -0.25) is 4.79 Å². The zero-order valence-electron chi connectivity index (χ0n) is 13.1. The van der Waals surface area contributed by atoms with Gasteiger partial charge in [-0.25, -0.2) is 0 Å². The molecule has 2 nitrogen and oxygen atoms in total. The molecular formula is C19H20ClNO. The van der Waals surface area contributed by atoms with Crippen LogP contribution in [0.4, 0.5) is 5.69 Å². The number of hydrogen-bond acceptors (Lipinski definition) is 1. The quantitative estimate of drug-likeness (QED) is 0.766. The Morgan fingerprint density at radius 1 is 1.00 bits per heavy atom. The van der Waals surface area contributed by atoms with Gasteiger partial charge in [0.1, 0.15) is 0 Å². The van der Waals surface area contributed by atoms with E-state index >= 15 is 0 Å². The number of anilines is 1. The van der Waals surface area contributed by atoms with E-state index in [1.807, 2.05) is 36.4 Å². The standard InChI is InChI=1S/C19H20ClNO/c1-19(2,3)15-7-11-17(12-8-15)21-18(22)13-6-14-4-9-16(20)10-5-14/h4-13H,1-3H3,(H,21,22). The molecule has 0 heterocycles. The molecule has 0 spiro atoms. The number of nitrogens with one attached hydrogen (secondary N) is 1. The summed E-state index contributed by atoms with van der Waals surface area (Å²) < 4.78 is 0. The molecule has 2 rings (SSSR count). The molecule has 0 aromatic heterocycles. The predicted octanol–water partition coefficient (Wildman–Crippen LogP) is 5.29. The number of hydrogen-bond donors (Lipinski definition) is 1. The molecule has 0 saturated heterocycles. The summed E-state index contributed by atoms with van der Waals surface area (Å²) in [5.41, 5.74) is 3.07. The van der Waals surface area contributed by atoms with Gasteiger partial charge in [-0.2, -0.15) is 0 Å². The van der Waals surface area contributed by atoms with Crippen LogP contribution < -0.4 is 5.32 Å². The molecule has 1 N–H and O–H groups in total. The number of carbonyl (C=O) groups is 1. The van der Waals surface area contributed by atoms with Crippen LogP contribution in [0.5, 0.6) is 0 Å². The first-order chi connectivity index (χ1) is 10.3. The molecule has 1 amide bonds. The van der Waals surface area contributed by atoms with Crippen molar-refractivity contribution in [1.82, 2.24) is 0 Å². The van der Waals surface area contributed by atoms with Crippen molar-refractivity contribution >= 4 is 29.3 Å². The Hall–Kier alpha value is -2.06. The molecule has 2 aromatic carbocycles. The summed E-state index contributed by atoms with van der Waals surface area (Å²) in [5.74, 6) is -0.154. The molecule has 0 saturated carbocycles. The van der Waals surface area contributed by atoms with Crippen molar-refractivity contribution in [2.24, 2.45) is 0 Å². The van der Waals surface area contributed by atoms with E-state index in [9.17, 15) is 4.79 Å². The molecule has 2 aromatic rings. The maximum Gasteiger partial charge on any atom is 0.248 e. The maximum atomic E-state index is 11.9. The van der Waals surface area contributed by atoms with E-state index in [0.29, 0.717) is 5.02 Å². The minimum atomic E-state index is -0.154. The molecule has 0 aliphatic rings. The number of halogens is 1. The van der Waals surface area contributed by atoms with Crippen LogP contribution in [0.1, 0.15) is 31.9 Å². The fourth-order valence-corrected chi connectivity index (χ4v) is 2.11. The molecule has 114 valence electrons. The van der Waals surface area contributed by atoms with Gasteiger partial charge in [0.25, 0.3) is 0 Å². The third kappa shape index (κ3) is 4.74. The Labute approximate surface area is 136 Å². The van der Waals surface area contributed by atoms with Crippen molar-refractivity contribution in [2.45, 2.75) is 26.2 Å². The van der Waals surface area contributed by atoms with E-state index < -0.39 is 0 Å². The maximum absolute atomic E-state index is 11.9. The first kappa shape index (κ1) is 16.3. The van der Waals surface area contributed by atoms with E-state index in [1.165, 1.54) is 11.6 Å². The van der Waals surface area contributed by atoms with Gasteiger partial charge < -0.3 is 5.32 Å². The van der Waals surface area contributed by atoms with Crippen LogP contribution in [0, 0.1) is 0 Å². The van der Waals surface area contributed by atoms with Crippen molar-refractivity contribution in [3.63, 3.8) is 0 Å². The van der Waals surface area contributed by atoms with Gasteiger partial charge in [-0.15, -0.1) is 0 Å². The van der Waals surface area contributed by atoms with Crippen LogP contribution in [0.25, 0.3) is 6.08 Å². The summed E-state index contributed by atoms with van der Waals surface area (Å²) in [7, 11) is 0.